The summed E-state index contributed by atoms with van der Waals surface area (Å²) in [5.74, 6) is -0.254. The third-order valence-corrected chi connectivity index (χ3v) is 2.39. The molecule has 0 radical (unpaired) electrons. The fourth-order valence-corrected chi connectivity index (χ4v) is 1.70. The molecule has 0 bridgehead atoms. The minimum atomic E-state index is -0.254. The van der Waals surface area contributed by atoms with Crippen LogP contribution in [0.2, 0.25) is 0 Å². The molecule has 0 aromatic heterocycles. The van der Waals surface area contributed by atoms with E-state index in [1.807, 2.05) is 30.3 Å². The Labute approximate surface area is 104 Å². The van der Waals surface area contributed by atoms with Crippen LogP contribution in [0.25, 0.3) is 11.1 Å². The van der Waals surface area contributed by atoms with Crippen LogP contribution in [-0.4, -0.2) is 5.11 Å². The Balaban J connectivity index is 2.36. The van der Waals surface area contributed by atoms with Crippen molar-refractivity contribution in [2.24, 2.45) is 5.73 Å². The van der Waals surface area contributed by atoms with Gasteiger partial charge < -0.3 is 11.1 Å². The van der Waals surface area contributed by atoms with Gasteiger partial charge in [0.1, 0.15) is 5.82 Å². The van der Waals surface area contributed by atoms with Gasteiger partial charge in [0.15, 0.2) is 5.11 Å². The summed E-state index contributed by atoms with van der Waals surface area (Å²) in [5, 5.41) is 3.05. The van der Waals surface area contributed by atoms with E-state index >= 15 is 0 Å². The highest BCUT2D eigenvalue weighted by Crippen LogP contribution is 2.23. The van der Waals surface area contributed by atoms with E-state index in [0.29, 0.717) is 0 Å². The van der Waals surface area contributed by atoms with Crippen LogP contribution in [0, 0.1) is 5.82 Å². The van der Waals surface area contributed by atoms with Gasteiger partial charge in [-0.1, -0.05) is 24.3 Å². The van der Waals surface area contributed by atoms with Crippen LogP contribution in [0.4, 0.5) is 10.1 Å². The summed E-state index contributed by atoms with van der Waals surface area (Å²) in [7, 11) is 0. The van der Waals surface area contributed by atoms with Crippen LogP contribution in [0.15, 0.2) is 48.5 Å². The summed E-state index contributed by atoms with van der Waals surface area (Å²) in [6.07, 6.45) is 0. The normalized spacial score (nSPS) is 9.94. The van der Waals surface area contributed by atoms with E-state index in [0.717, 1.165) is 16.8 Å². The van der Waals surface area contributed by atoms with Crippen molar-refractivity contribution >= 4 is 23.0 Å². The highest BCUT2D eigenvalue weighted by atomic mass is 32.1. The summed E-state index contributed by atoms with van der Waals surface area (Å²) >= 11 is 4.76. The topological polar surface area (TPSA) is 38.0 Å². The van der Waals surface area contributed by atoms with Gasteiger partial charge in [-0.2, -0.15) is 0 Å². The largest absolute Gasteiger partial charge is 0.376 e. The Bertz CT molecular complexity index is 555. The average Bonchev–Trinajstić information content (AvgIpc) is 2.28. The first kappa shape index (κ1) is 11.5. The van der Waals surface area contributed by atoms with E-state index in [2.05, 4.69) is 5.32 Å². The first-order valence-electron chi connectivity index (χ1n) is 5.07. The Morgan fingerprint density at radius 3 is 2.35 bits per heavy atom. The van der Waals surface area contributed by atoms with Crippen molar-refractivity contribution in [1.29, 1.82) is 0 Å². The first-order valence-corrected chi connectivity index (χ1v) is 5.48. The van der Waals surface area contributed by atoms with E-state index in [9.17, 15) is 4.39 Å². The molecule has 0 atom stereocenters. The minimum Gasteiger partial charge on any atom is -0.376 e. The van der Waals surface area contributed by atoms with Gasteiger partial charge in [0.05, 0.1) is 0 Å². The molecule has 86 valence electrons. The minimum absolute atomic E-state index is 0.210. The zero-order chi connectivity index (χ0) is 12.3. The zero-order valence-corrected chi connectivity index (χ0v) is 9.80. The number of thiocarbonyl (C=S) groups is 1. The van der Waals surface area contributed by atoms with Crippen molar-refractivity contribution in [1.82, 2.24) is 0 Å². The molecule has 0 amide bonds. The summed E-state index contributed by atoms with van der Waals surface area (Å²) in [4.78, 5) is 0. The second kappa shape index (κ2) is 4.93. The molecule has 0 spiro atoms. The van der Waals surface area contributed by atoms with Crippen LogP contribution < -0.4 is 11.1 Å². The molecule has 4 heteroatoms. The number of anilines is 1. The zero-order valence-electron chi connectivity index (χ0n) is 8.98. The number of nitrogens with one attached hydrogen (secondary N) is 1. The lowest BCUT2D eigenvalue weighted by Crippen LogP contribution is -2.18. The molecule has 2 rings (SSSR count). The quantitative estimate of drug-likeness (QED) is 0.799. The number of benzene rings is 2. The lowest BCUT2D eigenvalue weighted by Gasteiger charge is -2.07. The fourth-order valence-electron chi connectivity index (χ4n) is 1.59. The fraction of sp³-hybridized carbons (Fsp3) is 0. The smallest absolute Gasteiger partial charge is 0.168 e. The highest BCUT2D eigenvalue weighted by molar-refractivity contribution is 7.80. The Morgan fingerprint density at radius 1 is 1.06 bits per heavy atom. The lowest BCUT2D eigenvalue weighted by molar-refractivity contribution is 0.628. The SMILES string of the molecule is NC(=S)Nc1cccc(-c2cccc(F)c2)c1. The predicted molar refractivity (Wildman–Crippen MR) is 72.2 cm³/mol. The van der Waals surface area contributed by atoms with E-state index in [-0.39, 0.29) is 10.9 Å². The number of nitrogens with two attached hydrogens (primary N) is 1. The van der Waals surface area contributed by atoms with Gasteiger partial charge in [-0.15, -0.1) is 0 Å². The molecule has 2 aromatic carbocycles. The van der Waals surface area contributed by atoms with Crippen LogP contribution in [0.3, 0.4) is 0 Å². The molecule has 0 heterocycles. The van der Waals surface area contributed by atoms with Crippen molar-refractivity contribution in [2.75, 3.05) is 5.32 Å². The van der Waals surface area contributed by atoms with Crippen molar-refractivity contribution in [3.8, 4) is 11.1 Å². The van der Waals surface area contributed by atoms with Crippen LogP contribution in [0.1, 0.15) is 0 Å². The van der Waals surface area contributed by atoms with E-state index < -0.39 is 0 Å². The van der Waals surface area contributed by atoms with Gasteiger partial charge in [-0.25, -0.2) is 4.39 Å². The van der Waals surface area contributed by atoms with Crippen LogP contribution >= 0.6 is 12.2 Å². The second-order valence-corrected chi connectivity index (χ2v) is 4.02. The molecular weight excluding hydrogens is 235 g/mol. The summed E-state index contributed by atoms with van der Waals surface area (Å²) < 4.78 is 13.1. The predicted octanol–water partition coefficient (Wildman–Crippen LogP) is 3.15. The molecule has 0 aliphatic rings. The third kappa shape index (κ3) is 3.01. The van der Waals surface area contributed by atoms with Crippen LogP contribution in [-0.2, 0) is 0 Å². The second-order valence-electron chi connectivity index (χ2n) is 3.58. The molecule has 2 nitrogen and oxygen atoms in total. The van der Waals surface area contributed by atoms with Crippen molar-refractivity contribution in [3.05, 3.63) is 54.3 Å². The molecular formula is C13H11FN2S. The summed E-state index contributed by atoms with van der Waals surface area (Å²) in [6, 6.07) is 13.9. The maximum Gasteiger partial charge on any atom is 0.168 e. The maximum absolute atomic E-state index is 13.1. The van der Waals surface area contributed by atoms with E-state index in [1.54, 1.807) is 6.07 Å². The molecule has 0 fully saturated rings. The maximum atomic E-state index is 13.1. The summed E-state index contributed by atoms with van der Waals surface area (Å²) in [5.41, 5.74) is 7.91. The third-order valence-electron chi connectivity index (χ3n) is 2.29. The molecule has 0 saturated carbocycles. The standard InChI is InChI=1S/C13H11FN2S/c14-11-5-1-3-9(7-11)10-4-2-6-12(8-10)16-13(15)17/h1-8H,(H3,15,16,17). The molecule has 0 unspecified atom stereocenters. The summed E-state index contributed by atoms with van der Waals surface area (Å²) in [6.45, 7) is 0. The van der Waals surface area contributed by atoms with Crippen LogP contribution in [0.5, 0.6) is 0 Å². The van der Waals surface area contributed by atoms with Crippen molar-refractivity contribution in [3.63, 3.8) is 0 Å². The number of hydrogen-bond acceptors (Lipinski definition) is 1. The monoisotopic (exact) mass is 246 g/mol. The Hall–Kier alpha value is -1.94. The van der Waals surface area contributed by atoms with E-state index in [4.69, 9.17) is 18.0 Å². The molecule has 3 N–H and O–H groups in total. The first-order chi connectivity index (χ1) is 8.15. The van der Waals surface area contributed by atoms with Gasteiger partial charge in [0.25, 0.3) is 0 Å². The number of hydrogen-bond donors (Lipinski definition) is 2. The van der Waals surface area contributed by atoms with Gasteiger partial charge in [-0.05, 0) is 47.6 Å². The van der Waals surface area contributed by atoms with Gasteiger partial charge in [0, 0.05) is 5.69 Å². The molecule has 0 saturated heterocycles. The van der Waals surface area contributed by atoms with Crippen molar-refractivity contribution in [2.45, 2.75) is 0 Å². The Morgan fingerprint density at radius 2 is 1.71 bits per heavy atom. The molecule has 17 heavy (non-hydrogen) atoms. The Kier molecular flexibility index (Phi) is 3.35. The average molecular weight is 246 g/mol. The lowest BCUT2D eigenvalue weighted by atomic mass is 10.1. The van der Waals surface area contributed by atoms with Gasteiger partial charge in [-0.3, -0.25) is 0 Å². The van der Waals surface area contributed by atoms with E-state index in [1.165, 1.54) is 12.1 Å². The van der Waals surface area contributed by atoms with Gasteiger partial charge >= 0.3 is 0 Å². The highest BCUT2D eigenvalue weighted by Gasteiger charge is 2.00. The van der Waals surface area contributed by atoms with Crippen molar-refractivity contribution < 1.29 is 4.39 Å². The molecule has 0 aliphatic carbocycles. The molecule has 0 aliphatic heterocycles. The number of rotatable bonds is 2. The molecule has 2 aromatic rings. The number of halogens is 1. The van der Waals surface area contributed by atoms with Gasteiger partial charge in [0.2, 0.25) is 0 Å².